The molecule has 0 N–H and O–H groups in total. The van der Waals surface area contributed by atoms with Crippen molar-refractivity contribution in [1.29, 1.82) is 0 Å². The molecule has 1 fully saturated rings. The lowest BCUT2D eigenvalue weighted by Crippen LogP contribution is -2.48. The molecule has 0 aromatic carbocycles. The minimum atomic E-state index is 0.497. The summed E-state index contributed by atoms with van der Waals surface area (Å²) in [4.78, 5) is 4.32. The summed E-state index contributed by atoms with van der Waals surface area (Å²) in [5, 5.41) is 0. The highest BCUT2D eigenvalue weighted by Gasteiger charge is 2.52. The number of rotatable bonds is 1. The van der Waals surface area contributed by atoms with Crippen LogP contribution in [0.3, 0.4) is 0 Å². The number of aromatic nitrogens is 1. The van der Waals surface area contributed by atoms with Crippen LogP contribution in [-0.4, -0.2) is 4.98 Å². The molecule has 1 heteroatoms. The molecule has 2 atom stereocenters. The normalized spacial score (nSPS) is 30.1. The van der Waals surface area contributed by atoms with Crippen molar-refractivity contribution in [3.8, 4) is 0 Å². The topological polar surface area (TPSA) is 12.9 Å². The summed E-state index contributed by atoms with van der Waals surface area (Å²) in [6.07, 6.45) is 6.62. The predicted octanol–water partition coefficient (Wildman–Crippen LogP) is 4.23. The van der Waals surface area contributed by atoms with Gasteiger partial charge in [0.2, 0.25) is 0 Å². The van der Waals surface area contributed by atoms with Gasteiger partial charge in [-0.2, -0.15) is 0 Å². The Bertz CT molecular complexity index is 496. The molecule has 0 spiro atoms. The Kier molecular flexibility index (Phi) is 2.23. The number of allylic oxidation sites excluding steroid dienone is 2. The lowest BCUT2D eigenvalue weighted by atomic mass is 9.47. The minimum absolute atomic E-state index is 0.497. The maximum absolute atomic E-state index is 4.32. The van der Waals surface area contributed by atoms with E-state index < -0.39 is 0 Å². The second-order valence-electron chi connectivity index (χ2n) is 6.40. The van der Waals surface area contributed by atoms with Crippen LogP contribution in [0.25, 0.3) is 5.57 Å². The van der Waals surface area contributed by atoms with E-state index in [2.05, 4.69) is 44.9 Å². The summed E-state index contributed by atoms with van der Waals surface area (Å²) >= 11 is 0. The number of hydrogen-bond donors (Lipinski definition) is 0. The van der Waals surface area contributed by atoms with Gasteiger partial charge in [0.05, 0.1) is 0 Å². The monoisotopic (exact) mass is 227 g/mol. The van der Waals surface area contributed by atoms with E-state index in [1.165, 1.54) is 24.0 Å². The van der Waals surface area contributed by atoms with Gasteiger partial charge in [-0.15, -0.1) is 0 Å². The fourth-order valence-corrected chi connectivity index (χ4v) is 3.79. The Hall–Kier alpha value is -1.11. The predicted molar refractivity (Wildman–Crippen MR) is 71.6 cm³/mol. The van der Waals surface area contributed by atoms with Crippen LogP contribution in [0.5, 0.6) is 0 Å². The van der Waals surface area contributed by atoms with Crippen LogP contribution in [0.15, 0.2) is 24.0 Å². The number of hydrogen-bond acceptors (Lipinski definition) is 1. The molecule has 1 saturated carbocycles. The Balaban J connectivity index is 2.11. The molecule has 4 rings (SSSR count). The molecule has 0 amide bonds. The van der Waals surface area contributed by atoms with Crippen molar-refractivity contribution in [1.82, 2.24) is 4.98 Å². The van der Waals surface area contributed by atoms with Crippen LogP contribution in [0, 0.1) is 24.2 Å². The number of nitrogens with zero attached hydrogens (tertiary/aromatic N) is 1. The highest BCUT2D eigenvalue weighted by atomic mass is 14.6. The van der Waals surface area contributed by atoms with E-state index in [4.69, 9.17) is 0 Å². The van der Waals surface area contributed by atoms with Gasteiger partial charge >= 0.3 is 0 Å². The second kappa shape index (κ2) is 3.44. The second-order valence-corrected chi connectivity index (χ2v) is 6.40. The van der Waals surface area contributed by atoms with Crippen molar-refractivity contribution in [3.05, 3.63) is 35.2 Å². The molecule has 0 aliphatic heterocycles. The fourth-order valence-electron chi connectivity index (χ4n) is 3.79. The summed E-state index contributed by atoms with van der Waals surface area (Å²) in [6.45, 7) is 9.39. The summed E-state index contributed by atoms with van der Waals surface area (Å²) in [7, 11) is 0. The zero-order chi connectivity index (χ0) is 12.2. The lowest BCUT2D eigenvalue weighted by Gasteiger charge is -2.58. The number of aryl methyl sites for hydroxylation is 1. The van der Waals surface area contributed by atoms with E-state index >= 15 is 0 Å². The van der Waals surface area contributed by atoms with E-state index in [1.54, 1.807) is 11.1 Å². The molecule has 3 aliphatic rings. The average molecular weight is 227 g/mol. The Morgan fingerprint density at radius 1 is 1.29 bits per heavy atom. The van der Waals surface area contributed by atoms with Crippen molar-refractivity contribution in [2.24, 2.45) is 17.3 Å². The number of pyridine rings is 1. The van der Waals surface area contributed by atoms with E-state index in [1.807, 2.05) is 6.20 Å². The Morgan fingerprint density at radius 3 is 2.71 bits per heavy atom. The van der Waals surface area contributed by atoms with Crippen LogP contribution < -0.4 is 0 Å². The molecule has 1 aromatic rings. The summed E-state index contributed by atoms with van der Waals surface area (Å²) in [5.74, 6) is 1.66. The van der Waals surface area contributed by atoms with E-state index in [0.717, 1.165) is 11.8 Å². The molecule has 0 unspecified atom stereocenters. The first kappa shape index (κ1) is 11.0. The highest BCUT2D eigenvalue weighted by molar-refractivity contribution is 5.75. The molecular weight excluding hydrogens is 206 g/mol. The smallest absolute Gasteiger partial charge is 0.0345 e. The zero-order valence-corrected chi connectivity index (χ0v) is 11.2. The number of fused-ring (bicyclic) bond motifs is 1. The molecule has 1 aromatic heterocycles. The van der Waals surface area contributed by atoms with Gasteiger partial charge in [0.1, 0.15) is 0 Å². The Morgan fingerprint density at radius 2 is 2.06 bits per heavy atom. The Labute approximate surface area is 104 Å². The first-order valence-electron chi connectivity index (χ1n) is 6.62. The first-order valence-corrected chi connectivity index (χ1v) is 6.62. The molecule has 3 aliphatic carbocycles. The average Bonchev–Trinajstić information content (AvgIpc) is 2.30. The van der Waals surface area contributed by atoms with Gasteiger partial charge in [0, 0.05) is 12.4 Å². The molecule has 0 radical (unpaired) electrons. The lowest BCUT2D eigenvalue weighted by molar-refractivity contribution is 0.00765. The molecule has 90 valence electrons. The summed E-state index contributed by atoms with van der Waals surface area (Å²) in [6, 6.07) is 2.13. The van der Waals surface area contributed by atoms with Gasteiger partial charge in [-0.3, -0.25) is 4.98 Å². The van der Waals surface area contributed by atoms with Crippen LogP contribution in [0.4, 0.5) is 0 Å². The van der Waals surface area contributed by atoms with E-state index in [-0.39, 0.29) is 0 Å². The maximum atomic E-state index is 4.32. The minimum Gasteiger partial charge on any atom is -0.264 e. The SMILES string of the molecule is CC1=C(c2cnccc2C)[C@H]2C[C@@H](C1)C2(C)C. The van der Waals surface area contributed by atoms with Gasteiger partial charge in [-0.05, 0) is 66.7 Å². The molecule has 0 saturated heterocycles. The molecule has 17 heavy (non-hydrogen) atoms. The van der Waals surface area contributed by atoms with Crippen LogP contribution >= 0.6 is 0 Å². The maximum Gasteiger partial charge on any atom is 0.0345 e. The molecular formula is C16H21N. The van der Waals surface area contributed by atoms with Crippen LogP contribution in [0.2, 0.25) is 0 Å². The van der Waals surface area contributed by atoms with Crippen molar-refractivity contribution in [3.63, 3.8) is 0 Å². The third-order valence-electron chi connectivity index (χ3n) is 5.16. The molecule has 1 heterocycles. The fraction of sp³-hybridized carbons (Fsp3) is 0.562. The van der Waals surface area contributed by atoms with Gasteiger partial charge in [0.25, 0.3) is 0 Å². The third kappa shape index (κ3) is 1.41. The van der Waals surface area contributed by atoms with Crippen LogP contribution in [0.1, 0.15) is 44.7 Å². The summed E-state index contributed by atoms with van der Waals surface area (Å²) in [5.41, 5.74) is 6.46. The summed E-state index contributed by atoms with van der Waals surface area (Å²) < 4.78 is 0. The van der Waals surface area contributed by atoms with Gasteiger partial charge in [0.15, 0.2) is 0 Å². The molecule has 1 nitrogen and oxygen atoms in total. The molecule has 2 bridgehead atoms. The van der Waals surface area contributed by atoms with Gasteiger partial charge < -0.3 is 0 Å². The van der Waals surface area contributed by atoms with E-state index in [9.17, 15) is 0 Å². The van der Waals surface area contributed by atoms with E-state index in [0.29, 0.717) is 5.41 Å². The van der Waals surface area contributed by atoms with Gasteiger partial charge in [-0.25, -0.2) is 0 Å². The van der Waals surface area contributed by atoms with Crippen molar-refractivity contribution in [2.45, 2.75) is 40.5 Å². The van der Waals surface area contributed by atoms with Crippen molar-refractivity contribution in [2.75, 3.05) is 0 Å². The quantitative estimate of drug-likeness (QED) is 0.699. The highest BCUT2D eigenvalue weighted by Crippen LogP contribution is 2.63. The third-order valence-corrected chi connectivity index (χ3v) is 5.16. The zero-order valence-electron chi connectivity index (χ0n) is 11.2. The van der Waals surface area contributed by atoms with Crippen LogP contribution in [-0.2, 0) is 0 Å². The standard InChI is InChI=1S/C16H21N/c1-10-5-6-17-9-13(10)15-11(2)7-12-8-14(15)16(12,3)4/h5-6,9,12,14H,7-8H2,1-4H3/t12-,14-/m1/s1. The van der Waals surface area contributed by atoms with Crippen molar-refractivity contribution >= 4 is 5.57 Å². The van der Waals surface area contributed by atoms with Gasteiger partial charge in [-0.1, -0.05) is 19.4 Å². The largest absolute Gasteiger partial charge is 0.264 e. The first-order chi connectivity index (χ1) is 8.01. The van der Waals surface area contributed by atoms with Crippen molar-refractivity contribution < 1.29 is 0 Å².